The van der Waals surface area contributed by atoms with Gasteiger partial charge in [0.25, 0.3) is 0 Å². The first kappa shape index (κ1) is 24.4. The van der Waals surface area contributed by atoms with Crippen LogP contribution in [-0.2, 0) is 9.47 Å². The van der Waals surface area contributed by atoms with Gasteiger partial charge in [0, 0.05) is 13.6 Å². The van der Waals surface area contributed by atoms with Gasteiger partial charge in [-0.15, -0.1) is 0 Å². The minimum absolute atomic E-state index is 0.357. The van der Waals surface area contributed by atoms with Crippen molar-refractivity contribution in [1.29, 1.82) is 0 Å². The number of nitrogens with zero attached hydrogens (tertiary/aromatic N) is 1. The van der Waals surface area contributed by atoms with Crippen molar-refractivity contribution in [3.8, 4) is 0 Å². The van der Waals surface area contributed by atoms with Crippen molar-refractivity contribution in [3.05, 3.63) is 47.5 Å². The van der Waals surface area contributed by atoms with Crippen LogP contribution in [0.15, 0.2) is 36.4 Å². The van der Waals surface area contributed by atoms with Gasteiger partial charge in [-0.1, -0.05) is 24.3 Å². The molecule has 2 N–H and O–H groups in total. The second-order valence-corrected chi connectivity index (χ2v) is 8.34. The Morgan fingerprint density at radius 2 is 1.74 bits per heavy atom. The lowest BCUT2D eigenvalue weighted by atomic mass is 9.79. The molecule has 0 fully saturated rings. The number of fused-ring (bicyclic) bond motifs is 1. The largest absolute Gasteiger partial charge is 0.488 e. The Morgan fingerprint density at radius 3 is 2.29 bits per heavy atom. The quantitative estimate of drug-likeness (QED) is 0.544. The van der Waals surface area contributed by atoms with Gasteiger partial charge >= 0.3 is 19.2 Å². The summed E-state index contributed by atoms with van der Waals surface area (Å²) in [5.74, 6) is -0.469. The number of benzene rings is 2. The standard InChI is InChI=1S/C23H30BNO6/c1-7-15(10-11-25(5)22(27)31-23(2,3)4)19-14-17-12-18(24(28)29)9-8-16(17)13-20(19)21(26)30-6/h7-9,12-14,28-29H,10-11H2,1-6H3/b15-7+. The van der Waals surface area contributed by atoms with Crippen LogP contribution in [-0.4, -0.2) is 60.4 Å². The van der Waals surface area contributed by atoms with E-state index in [1.54, 1.807) is 31.3 Å². The van der Waals surface area contributed by atoms with Gasteiger partial charge in [0.2, 0.25) is 0 Å². The molecule has 166 valence electrons. The number of methoxy groups -OCH3 is 1. The zero-order chi connectivity index (χ0) is 23.3. The maximum Gasteiger partial charge on any atom is 0.488 e. The van der Waals surface area contributed by atoms with Gasteiger partial charge in [-0.25, -0.2) is 9.59 Å². The second kappa shape index (κ2) is 9.98. The van der Waals surface area contributed by atoms with Gasteiger partial charge in [-0.3, -0.25) is 0 Å². The van der Waals surface area contributed by atoms with E-state index in [-0.39, 0.29) is 0 Å². The molecule has 1 amide bonds. The van der Waals surface area contributed by atoms with Crippen molar-refractivity contribution in [2.24, 2.45) is 0 Å². The maximum absolute atomic E-state index is 12.5. The molecule has 0 radical (unpaired) electrons. The summed E-state index contributed by atoms with van der Waals surface area (Å²) in [5, 5.41) is 20.5. The summed E-state index contributed by atoms with van der Waals surface area (Å²) >= 11 is 0. The first-order valence-electron chi connectivity index (χ1n) is 10.1. The Balaban J connectivity index is 2.39. The highest BCUT2D eigenvalue weighted by atomic mass is 16.6. The molecule has 0 spiro atoms. The van der Waals surface area contributed by atoms with E-state index in [1.165, 1.54) is 12.0 Å². The molecule has 0 heterocycles. The Hall–Kier alpha value is -2.84. The molecule has 0 atom stereocenters. The number of carbonyl (C=O) groups is 2. The van der Waals surface area contributed by atoms with E-state index < -0.39 is 24.8 Å². The van der Waals surface area contributed by atoms with Crippen molar-refractivity contribution in [2.45, 2.75) is 39.7 Å². The minimum atomic E-state index is -1.59. The average Bonchev–Trinajstić information content (AvgIpc) is 2.71. The first-order chi connectivity index (χ1) is 14.5. The molecule has 0 bridgehead atoms. The third kappa shape index (κ3) is 6.32. The van der Waals surface area contributed by atoms with Gasteiger partial charge < -0.3 is 24.4 Å². The lowest BCUT2D eigenvalue weighted by Gasteiger charge is -2.25. The average molecular weight is 427 g/mol. The summed E-state index contributed by atoms with van der Waals surface area (Å²) in [4.78, 5) is 26.2. The maximum atomic E-state index is 12.5. The molecule has 2 aromatic rings. The van der Waals surface area contributed by atoms with E-state index in [0.717, 1.165) is 16.3 Å². The van der Waals surface area contributed by atoms with Crippen LogP contribution in [0.4, 0.5) is 4.79 Å². The third-order valence-corrected chi connectivity index (χ3v) is 4.82. The SMILES string of the molecule is C/C=C(\CCN(C)C(=O)OC(C)(C)C)c1cc2cc(B(O)O)ccc2cc1C(=O)OC. The summed E-state index contributed by atoms with van der Waals surface area (Å²) in [6.07, 6.45) is 1.96. The summed E-state index contributed by atoms with van der Waals surface area (Å²) < 4.78 is 10.4. The number of carbonyl (C=O) groups excluding carboxylic acids is 2. The third-order valence-electron chi connectivity index (χ3n) is 4.82. The number of esters is 1. The van der Waals surface area contributed by atoms with E-state index in [0.29, 0.717) is 29.6 Å². The van der Waals surface area contributed by atoms with Crippen molar-refractivity contribution < 1.29 is 29.1 Å². The Kier molecular flexibility index (Phi) is 7.87. The zero-order valence-corrected chi connectivity index (χ0v) is 18.9. The van der Waals surface area contributed by atoms with E-state index in [1.807, 2.05) is 39.8 Å². The van der Waals surface area contributed by atoms with E-state index >= 15 is 0 Å². The van der Waals surface area contributed by atoms with Crippen LogP contribution < -0.4 is 5.46 Å². The zero-order valence-electron chi connectivity index (χ0n) is 18.9. The van der Waals surface area contributed by atoms with Crippen molar-refractivity contribution in [3.63, 3.8) is 0 Å². The van der Waals surface area contributed by atoms with Crippen molar-refractivity contribution in [1.82, 2.24) is 4.90 Å². The minimum Gasteiger partial charge on any atom is -0.465 e. The highest BCUT2D eigenvalue weighted by molar-refractivity contribution is 6.58. The smallest absolute Gasteiger partial charge is 0.465 e. The fourth-order valence-corrected chi connectivity index (χ4v) is 3.18. The van der Waals surface area contributed by atoms with Crippen molar-refractivity contribution >= 4 is 41.0 Å². The highest BCUT2D eigenvalue weighted by Crippen LogP contribution is 2.28. The number of rotatable bonds is 6. The summed E-state index contributed by atoms with van der Waals surface area (Å²) in [7, 11) is 1.40. The predicted octanol–water partition coefficient (Wildman–Crippen LogP) is 2.97. The van der Waals surface area contributed by atoms with E-state index in [2.05, 4.69) is 0 Å². The van der Waals surface area contributed by atoms with Crippen LogP contribution in [0.5, 0.6) is 0 Å². The van der Waals surface area contributed by atoms with Gasteiger partial charge in [0.05, 0.1) is 12.7 Å². The molecule has 2 aromatic carbocycles. The molecule has 0 aliphatic heterocycles. The lowest BCUT2D eigenvalue weighted by molar-refractivity contribution is 0.0302. The molecular weight excluding hydrogens is 397 g/mol. The predicted molar refractivity (Wildman–Crippen MR) is 122 cm³/mol. The molecule has 2 rings (SSSR count). The fourth-order valence-electron chi connectivity index (χ4n) is 3.18. The fraction of sp³-hybridized carbons (Fsp3) is 0.391. The number of allylic oxidation sites excluding steroid dienone is 1. The molecule has 31 heavy (non-hydrogen) atoms. The molecule has 0 aliphatic rings. The summed E-state index contributed by atoms with van der Waals surface area (Å²) in [6, 6.07) is 8.55. The summed E-state index contributed by atoms with van der Waals surface area (Å²) in [6.45, 7) is 7.69. The topological polar surface area (TPSA) is 96.3 Å². The molecule has 0 saturated carbocycles. The molecule has 7 nitrogen and oxygen atoms in total. The number of ether oxygens (including phenoxy) is 2. The Labute approximate surface area is 183 Å². The number of hydrogen-bond donors (Lipinski definition) is 2. The van der Waals surface area contributed by atoms with E-state index in [4.69, 9.17) is 9.47 Å². The number of amides is 1. The Bertz CT molecular complexity index is 993. The molecular formula is C23H30BNO6. The highest BCUT2D eigenvalue weighted by Gasteiger charge is 2.21. The van der Waals surface area contributed by atoms with E-state index in [9.17, 15) is 19.6 Å². The van der Waals surface area contributed by atoms with Crippen LogP contribution in [0.3, 0.4) is 0 Å². The molecule has 0 aliphatic carbocycles. The first-order valence-corrected chi connectivity index (χ1v) is 10.1. The van der Waals surface area contributed by atoms with Gasteiger partial charge in [-0.2, -0.15) is 0 Å². The molecule has 8 heteroatoms. The molecule has 0 saturated heterocycles. The van der Waals surface area contributed by atoms with Crippen LogP contribution in [0.1, 0.15) is 50.0 Å². The van der Waals surface area contributed by atoms with Crippen LogP contribution in [0.25, 0.3) is 16.3 Å². The summed E-state index contributed by atoms with van der Waals surface area (Å²) in [5.41, 5.74) is 1.70. The monoisotopic (exact) mass is 427 g/mol. The normalized spacial score (nSPS) is 11.9. The lowest BCUT2D eigenvalue weighted by Crippen LogP contribution is -2.34. The number of hydrogen-bond acceptors (Lipinski definition) is 6. The Morgan fingerprint density at radius 1 is 1.10 bits per heavy atom. The van der Waals surface area contributed by atoms with Crippen LogP contribution in [0, 0.1) is 0 Å². The van der Waals surface area contributed by atoms with Gasteiger partial charge in [0.1, 0.15) is 5.60 Å². The van der Waals surface area contributed by atoms with Crippen molar-refractivity contribution in [2.75, 3.05) is 20.7 Å². The van der Waals surface area contributed by atoms with Crippen LogP contribution in [0.2, 0.25) is 0 Å². The van der Waals surface area contributed by atoms with Gasteiger partial charge in [0.15, 0.2) is 0 Å². The molecule has 0 unspecified atom stereocenters. The second-order valence-electron chi connectivity index (χ2n) is 8.34. The molecule has 0 aromatic heterocycles. The van der Waals surface area contributed by atoms with Crippen LogP contribution >= 0.6 is 0 Å². The van der Waals surface area contributed by atoms with Gasteiger partial charge in [-0.05, 0) is 73.6 Å².